The van der Waals surface area contributed by atoms with Crippen LogP contribution in [0.25, 0.3) is 0 Å². The molecular formula is C8H13NO. The van der Waals surface area contributed by atoms with Gasteiger partial charge in [-0.15, -0.1) is 0 Å². The second-order valence-corrected chi connectivity index (χ2v) is 2.98. The third kappa shape index (κ3) is 1.27. The second-order valence-electron chi connectivity index (χ2n) is 2.98. The molecule has 10 heavy (non-hydrogen) atoms. The first-order valence-corrected chi connectivity index (χ1v) is 3.52. The highest BCUT2D eigenvalue weighted by Crippen LogP contribution is 2.09. The lowest BCUT2D eigenvalue weighted by molar-refractivity contribution is -0.119. The van der Waals surface area contributed by atoms with Crippen molar-refractivity contribution in [3.63, 3.8) is 0 Å². The van der Waals surface area contributed by atoms with Gasteiger partial charge in [-0.25, -0.2) is 0 Å². The molecule has 56 valence electrons. The average Bonchev–Trinajstić information content (AvgIpc) is 1.82. The second kappa shape index (κ2) is 2.54. The van der Waals surface area contributed by atoms with Gasteiger partial charge >= 0.3 is 0 Å². The van der Waals surface area contributed by atoms with E-state index in [9.17, 15) is 4.79 Å². The van der Waals surface area contributed by atoms with Crippen molar-refractivity contribution in [2.45, 2.75) is 19.9 Å². The summed E-state index contributed by atoms with van der Waals surface area (Å²) in [6.45, 7) is 4.85. The van der Waals surface area contributed by atoms with E-state index in [1.165, 1.54) is 0 Å². The Balaban J connectivity index is 2.79. The van der Waals surface area contributed by atoms with Gasteiger partial charge in [0.2, 0.25) is 0 Å². The van der Waals surface area contributed by atoms with Gasteiger partial charge < -0.3 is 0 Å². The molecule has 1 aliphatic rings. The first-order valence-electron chi connectivity index (χ1n) is 3.52. The van der Waals surface area contributed by atoms with Crippen LogP contribution in [0.5, 0.6) is 0 Å². The van der Waals surface area contributed by atoms with Gasteiger partial charge in [-0.3, -0.25) is 9.69 Å². The summed E-state index contributed by atoms with van der Waals surface area (Å²) in [6.07, 6.45) is 1.74. The summed E-state index contributed by atoms with van der Waals surface area (Å²) in [5.41, 5.74) is 1.16. The first-order chi connectivity index (χ1) is 4.61. The fourth-order valence-electron chi connectivity index (χ4n) is 1.16. The summed E-state index contributed by atoms with van der Waals surface area (Å²) >= 11 is 0. The molecule has 0 saturated heterocycles. The van der Waals surface area contributed by atoms with Gasteiger partial charge in [0, 0.05) is 6.54 Å². The van der Waals surface area contributed by atoms with E-state index >= 15 is 0 Å². The molecule has 1 atom stereocenters. The van der Waals surface area contributed by atoms with Gasteiger partial charge in [0.1, 0.15) is 0 Å². The maximum absolute atomic E-state index is 11.1. The minimum absolute atomic E-state index is 0.0729. The highest BCUT2D eigenvalue weighted by atomic mass is 16.1. The molecule has 0 fully saturated rings. The molecule has 0 radical (unpaired) electrons. The van der Waals surface area contributed by atoms with E-state index < -0.39 is 0 Å². The van der Waals surface area contributed by atoms with Gasteiger partial charge in [-0.2, -0.15) is 0 Å². The maximum Gasteiger partial charge on any atom is 0.172 e. The van der Waals surface area contributed by atoms with Crippen LogP contribution in [-0.4, -0.2) is 30.3 Å². The molecule has 0 spiro atoms. The number of ketones is 1. The molecule has 0 aliphatic carbocycles. The van der Waals surface area contributed by atoms with E-state index in [1.54, 1.807) is 6.08 Å². The Morgan fingerprint density at radius 1 is 1.70 bits per heavy atom. The van der Waals surface area contributed by atoms with Crippen LogP contribution in [-0.2, 0) is 4.79 Å². The molecule has 0 saturated carbocycles. The zero-order valence-corrected chi connectivity index (χ0v) is 6.72. The van der Waals surface area contributed by atoms with E-state index in [-0.39, 0.29) is 11.8 Å². The van der Waals surface area contributed by atoms with Crippen LogP contribution < -0.4 is 0 Å². The van der Waals surface area contributed by atoms with Gasteiger partial charge in [-0.1, -0.05) is 5.57 Å². The predicted octanol–water partition coefficient (Wildman–Crippen LogP) is 0.836. The lowest BCUT2D eigenvalue weighted by Crippen LogP contribution is -2.39. The van der Waals surface area contributed by atoms with Gasteiger partial charge in [0.15, 0.2) is 5.78 Å². The Morgan fingerprint density at radius 2 is 2.30 bits per heavy atom. The Hall–Kier alpha value is -0.630. The van der Waals surface area contributed by atoms with Crippen LogP contribution in [0.1, 0.15) is 13.8 Å². The summed E-state index contributed by atoms with van der Waals surface area (Å²) in [6, 6.07) is 0.0729. The van der Waals surface area contributed by atoms with Crippen LogP contribution in [0.15, 0.2) is 11.6 Å². The molecule has 1 heterocycles. The van der Waals surface area contributed by atoms with E-state index in [0.717, 1.165) is 12.1 Å². The Labute approximate surface area is 61.5 Å². The van der Waals surface area contributed by atoms with Crippen LogP contribution in [0, 0.1) is 0 Å². The molecule has 0 aromatic carbocycles. The zero-order valence-electron chi connectivity index (χ0n) is 6.72. The molecule has 1 aliphatic heterocycles. The maximum atomic E-state index is 11.1. The molecule has 2 heteroatoms. The summed E-state index contributed by atoms with van der Waals surface area (Å²) in [5, 5.41) is 0. The van der Waals surface area contributed by atoms with E-state index in [4.69, 9.17) is 0 Å². The summed E-state index contributed by atoms with van der Waals surface area (Å²) in [5.74, 6) is 0.228. The number of carbonyl (C=O) groups excluding carboxylic acids is 1. The topological polar surface area (TPSA) is 20.3 Å². The van der Waals surface area contributed by atoms with E-state index in [0.29, 0.717) is 0 Å². The molecule has 0 aromatic heterocycles. The number of hydrogen-bond acceptors (Lipinski definition) is 2. The molecule has 0 aromatic rings. The standard InChI is InChI=1S/C8H13NO/c1-6-4-8(10)7(2)9(3)5-6/h4,7H,5H2,1-3H3/t7-/m0/s1. The van der Waals surface area contributed by atoms with Gasteiger partial charge in [0.25, 0.3) is 0 Å². The van der Waals surface area contributed by atoms with Crippen molar-refractivity contribution in [2.24, 2.45) is 0 Å². The third-order valence-electron chi connectivity index (χ3n) is 1.96. The van der Waals surface area contributed by atoms with Crippen molar-refractivity contribution >= 4 is 5.78 Å². The molecular weight excluding hydrogens is 126 g/mol. The zero-order chi connectivity index (χ0) is 7.72. The predicted molar refractivity (Wildman–Crippen MR) is 40.9 cm³/mol. The fraction of sp³-hybridized carbons (Fsp3) is 0.625. The number of likely N-dealkylation sites (N-methyl/N-ethyl adjacent to an activating group) is 1. The summed E-state index contributed by atoms with van der Waals surface area (Å²) < 4.78 is 0. The number of hydrogen-bond donors (Lipinski definition) is 0. The summed E-state index contributed by atoms with van der Waals surface area (Å²) in [4.78, 5) is 13.2. The number of nitrogens with zero attached hydrogens (tertiary/aromatic N) is 1. The SMILES string of the molecule is CC1=CC(=O)[C@H](C)N(C)C1. The highest BCUT2D eigenvalue weighted by Gasteiger charge is 2.20. The lowest BCUT2D eigenvalue weighted by atomic mass is 10.1. The van der Waals surface area contributed by atoms with Crippen LogP contribution in [0.4, 0.5) is 0 Å². The van der Waals surface area contributed by atoms with Crippen molar-refractivity contribution in [3.05, 3.63) is 11.6 Å². The number of carbonyl (C=O) groups is 1. The molecule has 0 amide bonds. The fourth-order valence-corrected chi connectivity index (χ4v) is 1.16. The minimum Gasteiger partial charge on any atom is -0.293 e. The first kappa shape index (κ1) is 7.48. The van der Waals surface area contributed by atoms with Crippen molar-refractivity contribution in [2.75, 3.05) is 13.6 Å². The summed E-state index contributed by atoms with van der Waals surface area (Å²) in [7, 11) is 1.97. The Kier molecular flexibility index (Phi) is 1.90. The van der Waals surface area contributed by atoms with Gasteiger partial charge in [-0.05, 0) is 27.0 Å². The van der Waals surface area contributed by atoms with Crippen molar-refractivity contribution in [1.29, 1.82) is 0 Å². The largest absolute Gasteiger partial charge is 0.293 e. The average molecular weight is 139 g/mol. The Morgan fingerprint density at radius 3 is 2.80 bits per heavy atom. The molecule has 0 N–H and O–H groups in total. The lowest BCUT2D eigenvalue weighted by Gasteiger charge is -2.26. The smallest absolute Gasteiger partial charge is 0.172 e. The van der Waals surface area contributed by atoms with Crippen molar-refractivity contribution in [1.82, 2.24) is 4.90 Å². The normalized spacial score (nSPS) is 28.5. The van der Waals surface area contributed by atoms with E-state index in [2.05, 4.69) is 4.90 Å². The number of rotatable bonds is 0. The van der Waals surface area contributed by atoms with Crippen molar-refractivity contribution in [3.8, 4) is 0 Å². The van der Waals surface area contributed by atoms with E-state index in [1.807, 2.05) is 20.9 Å². The molecule has 0 unspecified atom stereocenters. The van der Waals surface area contributed by atoms with Gasteiger partial charge in [0.05, 0.1) is 6.04 Å². The van der Waals surface area contributed by atoms with Crippen molar-refractivity contribution < 1.29 is 4.79 Å². The Bertz CT molecular complexity index is 184. The third-order valence-corrected chi connectivity index (χ3v) is 1.96. The molecule has 1 rings (SSSR count). The molecule has 2 nitrogen and oxygen atoms in total. The monoisotopic (exact) mass is 139 g/mol. The van der Waals surface area contributed by atoms with Crippen LogP contribution >= 0.6 is 0 Å². The highest BCUT2D eigenvalue weighted by molar-refractivity contribution is 5.95. The molecule has 0 bridgehead atoms. The quantitative estimate of drug-likeness (QED) is 0.495. The van der Waals surface area contributed by atoms with Crippen LogP contribution in [0.2, 0.25) is 0 Å². The minimum atomic E-state index is 0.0729. The van der Waals surface area contributed by atoms with Crippen LogP contribution in [0.3, 0.4) is 0 Å².